The number of allylic oxidation sites excluding steroid dienone is 4. The summed E-state index contributed by atoms with van der Waals surface area (Å²) in [4.78, 5) is 21.9. The molecule has 1 aliphatic rings. The summed E-state index contributed by atoms with van der Waals surface area (Å²) in [5.74, 6) is 1.52. The summed E-state index contributed by atoms with van der Waals surface area (Å²) in [5, 5.41) is 10.4. The molecule has 2 unspecified atom stereocenters. The van der Waals surface area contributed by atoms with Crippen molar-refractivity contribution in [1.82, 2.24) is 0 Å². The molecule has 0 saturated carbocycles. The summed E-state index contributed by atoms with van der Waals surface area (Å²) in [6.45, 7) is 6.09. The van der Waals surface area contributed by atoms with Crippen LogP contribution in [0.3, 0.4) is 0 Å². The molecule has 30 heavy (non-hydrogen) atoms. The second-order valence-electron chi connectivity index (χ2n) is 8.08. The lowest BCUT2D eigenvalue weighted by Crippen LogP contribution is -2.20. The lowest BCUT2D eigenvalue weighted by atomic mass is 9.84. The number of ether oxygens (including phenoxy) is 1. The van der Waals surface area contributed by atoms with Crippen molar-refractivity contribution in [3.05, 3.63) is 82.5 Å². The molecular weight excluding hydrogens is 399 g/mol. The summed E-state index contributed by atoms with van der Waals surface area (Å²) < 4.78 is 14.1. The van der Waals surface area contributed by atoms with Gasteiger partial charge >= 0.3 is 0 Å². The molecule has 0 bridgehead atoms. The topological polar surface area (TPSA) is 97.0 Å². The number of hydrogen-bond donors (Lipinski definition) is 1. The van der Waals surface area contributed by atoms with Crippen LogP contribution in [0, 0.1) is 25.7 Å². The molecule has 2 aromatic carbocycles. The molecule has 0 radical (unpaired) electrons. The number of phenolic OH excluding ortho intramolecular Hbond substituents is 1. The third kappa shape index (κ3) is 5.85. The summed E-state index contributed by atoms with van der Waals surface area (Å²) in [7, 11) is -4.46. The van der Waals surface area contributed by atoms with E-state index in [1.807, 2.05) is 19.9 Å². The van der Waals surface area contributed by atoms with Gasteiger partial charge in [-0.2, -0.15) is 0 Å². The fraction of sp³-hybridized carbons (Fsp3) is 0.333. The molecule has 0 heterocycles. The van der Waals surface area contributed by atoms with E-state index in [4.69, 9.17) is 9.30 Å². The Labute approximate surface area is 177 Å². The quantitative estimate of drug-likeness (QED) is 0.538. The zero-order valence-electron chi connectivity index (χ0n) is 17.5. The first-order valence-corrected chi connectivity index (χ1v) is 11.8. The van der Waals surface area contributed by atoms with E-state index in [0.717, 1.165) is 34.2 Å². The largest absolute Gasteiger partial charge is 0.766 e. The second-order valence-corrected chi connectivity index (χ2v) is 9.62. The van der Waals surface area contributed by atoms with Crippen molar-refractivity contribution in [1.29, 1.82) is 0 Å². The Kier molecular flexibility index (Phi) is 6.87. The molecule has 0 saturated heterocycles. The van der Waals surface area contributed by atoms with E-state index in [0.29, 0.717) is 29.8 Å². The molecule has 6 heteroatoms. The van der Waals surface area contributed by atoms with Gasteiger partial charge in [0.15, 0.2) is 6.35 Å². The van der Waals surface area contributed by atoms with Crippen LogP contribution >= 0.6 is 7.60 Å². The van der Waals surface area contributed by atoms with Gasteiger partial charge in [0.2, 0.25) is 0 Å². The van der Waals surface area contributed by atoms with E-state index in [9.17, 15) is 14.9 Å². The van der Waals surface area contributed by atoms with Crippen molar-refractivity contribution in [3.8, 4) is 11.5 Å². The minimum absolute atomic E-state index is 0.317. The van der Waals surface area contributed by atoms with Gasteiger partial charge < -0.3 is 24.2 Å². The van der Waals surface area contributed by atoms with Gasteiger partial charge in [-0.1, -0.05) is 43.4 Å². The Morgan fingerprint density at radius 3 is 2.37 bits per heavy atom. The first-order chi connectivity index (χ1) is 14.1. The van der Waals surface area contributed by atoms with Crippen LogP contribution in [0.4, 0.5) is 0 Å². The minimum Gasteiger partial charge on any atom is -0.766 e. The van der Waals surface area contributed by atoms with Gasteiger partial charge in [-0.3, -0.25) is 0 Å². The standard InChI is InChI=1S/C24H29O5P/c1-16-6-4-5-7-20(16)14-21-12-19(8-9-24(21)25)13-23-17(2)10-22(11-18(23)3)29-15-30(26,27)28/h4-12,16,20,25H,13-15H2,1-3H3,(H2,26,27,28)/p-1. The molecule has 2 aromatic rings. The second kappa shape index (κ2) is 9.22. The molecule has 0 fully saturated rings. The monoisotopic (exact) mass is 427 g/mol. The van der Waals surface area contributed by atoms with E-state index < -0.39 is 13.9 Å². The molecule has 160 valence electrons. The maximum absolute atomic E-state index is 10.9. The highest BCUT2D eigenvalue weighted by Gasteiger charge is 2.17. The fourth-order valence-corrected chi connectivity index (χ4v) is 4.17. The summed E-state index contributed by atoms with van der Waals surface area (Å²) in [5.41, 5.74) is 5.13. The van der Waals surface area contributed by atoms with Crippen molar-refractivity contribution in [2.45, 2.75) is 33.6 Å². The number of aryl methyl sites for hydroxylation is 2. The highest BCUT2D eigenvalue weighted by molar-refractivity contribution is 7.48. The summed E-state index contributed by atoms with van der Waals surface area (Å²) in [6, 6.07) is 9.31. The Bertz CT molecular complexity index is 995. The van der Waals surface area contributed by atoms with Crippen molar-refractivity contribution < 1.29 is 24.2 Å². The fourth-order valence-electron chi connectivity index (χ4n) is 3.86. The van der Waals surface area contributed by atoms with Crippen LogP contribution in [0.25, 0.3) is 0 Å². The Hall–Kier alpha value is -2.33. The van der Waals surface area contributed by atoms with Crippen molar-refractivity contribution in [2.75, 3.05) is 6.35 Å². The molecule has 2 N–H and O–H groups in total. The van der Waals surface area contributed by atoms with Gasteiger partial charge in [-0.25, -0.2) is 0 Å². The Morgan fingerprint density at radius 1 is 1.07 bits per heavy atom. The van der Waals surface area contributed by atoms with Crippen LogP contribution < -0.4 is 14.5 Å². The molecule has 1 aliphatic carbocycles. The maximum Gasteiger partial charge on any atom is 0.162 e. The van der Waals surface area contributed by atoms with E-state index in [1.165, 1.54) is 0 Å². The SMILES string of the molecule is Cc1cc(OCP([O-])([O-])=[OH+])cc(C)c1Cc1ccc(O)c(CC2C=CC=CC2C)c1. The van der Waals surface area contributed by atoms with Gasteiger partial charge in [-0.15, -0.1) is 0 Å². The zero-order chi connectivity index (χ0) is 21.9. The first kappa shape index (κ1) is 22.4. The van der Waals surface area contributed by atoms with Gasteiger partial charge in [0.05, 0.1) is 0 Å². The van der Waals surface area contributed by atoms with Crippen molar-refractivity contribution >= 4 is 7.60 Å². The smallest absolute Gasteiger partial charge is 0.162 e. The zero-order valence-corrected chi connectivity index (χ0v) is 18.4. The van der Waals surface area contributed by atoms with Crippen LogP contribution in [0.2, 0.25) is 0 Å². The molecule has 5 nitrogen and oxygen atoms in total. The van der Waals surface area contributed by atoms with Crippen molar-refractivity contribution in [2.24, 2.45) is 11.8 Å². The molecule has 3 rings (SSSR count). The molecule has 0 aromatic heterocycles. The number of phenols is 1. The van der Waals surface area contributed by atoms with Crippen molar-refractivity contribution in [3.63, 3.8) is 0 Å². The van der Waals surface area contributed by atoms with E-state index in [2.05, 4.69) is 37.3 Å². The highest BCUT2D eigenvalue weighted by atomic mass is 31.2. The van der Waals surface area contributed by atoms with E-state index in [1.54, 1.807) is 18.2 Å². The number of benzene rings is 2. The molecular formula is C24H28O5P-. The predicted molar refractivity (Wildman–Crippen MR) is 116 cm³/mol. The van der Waals surface area contributed by atoms with Crippen LogP contribution in [0.15, 0.2) is 54.6 Å². The van der Waals surface area contributed by atoms with E-state index in [-0.39, 0.29) is 0 Å². The number of hydrogen-bond acceptors (Lipinski definition) is 4. The van der Waals surface area contributed by atoms with Crippen LogP contribution in [0.1, 0.15) is 34.7 Å². The van der Waals surface area contributed by atoms with Crippen LogP contribution in [-0.2, 0) is 12.8 Å². The predicted octanol–water partition coefficient (Wildman–Crippen LogP) is 3.71. The van der Waals surface area contributed by atoms with Gasteiger partial charge in [0, 0.05) is 0 Å². The molecule has 2 atom stereocenters. The molecule has 0 amide bonds. The average molecular weight is 427 g/mol. The van der Waals surface area contributed by atoms with Gasteiger partial charge in [0.1, 0.15) is 19.1 Å². The summed E-state index contributed by atoms with van der Waals surface area (Å²) >= 11 is 0. The molecule has 0 spiro atoms. The van der Waals surface area contributed by atoms with Crippen LogP contribution in [-0.4, -0.2) is 16.0 Å². The number of rotatable bonds is 7. The molecule has 0 aliphatic heterocycles. The lowest BCUT2D eigenvalue weighted by Gasteiger charge is -2.22. The Morgan fingerprint density at radius 2 is 1.73 bits per heavy atom. The summed E-state index contributed by atoms with van der Waals surface area (Å²) in [6.07, 6.45) is 9.23. The van der Waals surface area contributed by atoms with E-state index >= 15 is 0 Å². The average Bonchev–Trinajstić information content (AvgIpc) is 2.66. The lowest BCUT2D eigenvalue weighted by molar-refractivity contribution is -0.313. The highest BCUT2D eigenvalue weighted by Crippen LogP contribution is 2.31. The first-order valence-electron chi connectivity index (χ1n) is 10.0. The maximum atomic E-state index is 10.9. The third-order valence-corrected chi connectivity index (χ3v) is 6.06. The van der Waals surface area contributed by atoms with Crippen LogP contribution in [0.5, 0.6) is 11.5 Å². The van der Waals surface area contributed by atoms with Gasteiger partial charge in [-0.05, 0) is 84.5 Å². The Balaban J connectivity index is 1.78. The van der Waals surface area contributed by atoms with Gasteiger partial charge in [0.25, 0.3) is 0 Å². The third-order valence-electron chi connectivity index (χ3n) is 5.60. The minimum atomic E-state index is -4.46. The number of aromatic hydroxyl groups is 1. The normalized spacial score (nSPS) is 18.6.